The molecule has 2 saturated carbocycles. The summed E-state index contributed by atoms with van der Waals surface area (Å²) in [7, 11) is 3.33. The topological polar surface area (TPSA) is 54.0 Å². The molecule has 3 aliphatic rings. The smallest absolute Gasteiger partial charge is 0.308 e. The summed E-state index contributed by atoms with van der Waals surface area (Å²) in [6.07, 6.45) is 10.4. The average Bonchev–Trinajstić information content (AvgIpc) is 2.84. The van der Waals surface area contributed by atoms with Crippen molar-refractivity contribution in [2.75, 3.05) is 14.2 Å². The number of carbonyl (C=O) groups excluding carboxylic acids is 1. The number of benzene rings is 2. The van der Waals surface area contributed by atoms with Crippen molar-refractivity contribution in [1.82, 2.24) is 0 Å². The Hall–Kier alpha value is -2.69. The zero-order valence-corrected chi connectivity index (χ0v) is 19.9. The molecule has 5 heteroatoms. The van der Waals surface area contributed by atoms with Crippen LogP contribution < -0.4 is 18.9 Å². The molecule has 1 spiro atoms. The number of fused-ring (bicyclic) bond motifs is 4. The van der Waals surface area contributed by atoms with Crippen LogP contribution in [0.5, 0.6) is 23.0 Å². The summed E-state index contributed by atoms with van der Waals surface area (Å²) in [6.45, 7) is 1.45. The normalized spacial score (nSPS) is 25.4. The fraction of sp³-hybridized carbons (Fsp3) is 0.536. The molecular weight excluding hydrogens is 416 g/mol. The van der Waals surface area contributed by atoms with Crippen molar-refractivity contribution in [2.45, 2.75) is 75.7 Å². The van der Waals surface area contributed by atoms with Crippen LogP contribution in [-0.4, -0.2) is 20.2 Å². The molecule has 0 amide bonds. The van der Waals surface area contributed by atoms with Gasteiger partial charge < -0.3 is 18.9 Å². The second-order valence-electron chi connectivity index (χ2n) is 9.82. The van der Waals surface area contributed by atoms with Gasteiger partial charge in [0.2, 0.25) is 0 Å². The minimum absolute atomic E-state index is 0.0615. The SMILES string of the molecule is COc1ccc2c(c1)OC1(c3ccc(OC)cc3OC(C)=O)CCCCC1C21CCCCC1. The molecule has 2 unspecified atom stereocenters. The molecule has 2 atom stereocenters. The van der Waals surface area contributed by atoms with E-state index in [4.69, 9.17) is 18.9 Å². The van der Waals surface area contributed by atoms with Gasteiger partial charge in [-0.25, -0.2) is 0 Å². The summed E-state index contributed by atoms with van der Waals surface area (Å²) in [4.78, 5) is 12.1. The van der Waals surface area contributed by atoms with Crippen molar-refractivity contribution < 1.29 is 23.7 Å². The van der Waals surface area contributed by atoms with E-state index >= 15 is 0 Å². The van der Waals surface area contributed by atoms with Crippen molar-refractivity contribution in [2.24, 2.45) is 5.92 Å². The Bertz CT molecular complexity index is 1040. The van der Waals surface area contributed by atoms with Gasteiger partial charge in [0.05, 0.1) is 14.2 Å². The first-order valence-electron chi connectivity index (χ1n) is 12.3. The highest BCUT2D eigenvalue weighted by Gasteiger charge is 2.59. The molecule has 1 heterocycles. The molecule has 0 saturated heterocycles. The largest absolute Gasteiger partial charge is 0.497 e. The van der Waals surface area contributed by atoms with Crippen molar-refractivity contribution in [1.29, 1.82) is 0 Å². The van der Waals surface area contributed by atoms with Gasteiger partial charge in [-0.15, -0.1) is 0 Å². The van der Waals surface area contributed by atoms with E-state index in [9.17, 15) is 4.79 Å². The second kappa shape index (κ2) is 8.58. The Morgan fingerprint density at radius 2 is 1.55 bits per heavy atom. The molecule has 176 valence electrons. The van der Waals surface area contributed by atoms with E-state index in [1.807, 2.05) is 18.2 Å². The van der Waals surface area contributed by atoms with Gasteiger partial charge in [-0.2, -0.15) is 0 Å². The summed E-state index contributed by atoms with van der Waals surface area (Å²) in [5.41, 5.74) is 1.80. The first-order chi connectivity index (χ1) is 16.0. The Kier molecular flexibility index (Phi) is 5.75. The molecule has 2 fully saturated rings. The first-order valence-corrected chi connectivity index (χ1v) is 12.3. The van der Waals surface area contributed by atoms with E-state index in [0.717, 1.165) is 36.3 Å². The molecule has 0 N–H and O–H groups in total. The highest BCUT2D eigenvalue weighted by molar-refractivity contribution is 5.70. The zero-order valence-electron chi connectivity index (χ0n) is 19.9. The number of hydrogen-bond donors (Lipinski definition) is 0. The van der Waals surface area contributed by atoms with Crippen LogP contribution in [0.15, 0.2) is 36.4 Å². The molecule has 33 heavy (non-hydrogen) atoms. The molecular formula is C28H34O5. The van der Waals surface area contributed by atoms with Crippen LogP contribution in [0, 0.1) is 5.92 Å². The van der Waals surface area contributed by atoms with Gasteiger partial charge >= 0.3 is 5.97 Å². The van der Waals surface area contributed by atoms with Crippen LogP contribution in [0.2, 0.25) is 0 Å². The summed E-state index contributed by atoms with van der Waals surface area (Å²) >= 11 is 0. The Morgan fingerprint density at radius 1 is 0.879 bits per heavy atom. The van der Waals surface area contributed by atoms with Crippen LogP contribution in [0.25, 0.3) is 0 Å². The summed E-state index contributed by atoms with van der Waals surface area (Å²) in [5, 5.41) is 0. The van der Waals surface area contributed by atoms with Gasteiger partial charge in [0.25, 0.3) is 0 Å². The minimum atomic E-state index is -0.550. The highest BCUT2D eigenvalue weighted by Crippen LogP contribution is 2.64. The van der Waals surface area contributed by atoms with E-state index in [2.05, 4.69) is 18.2 Å². The van der Waals surface area contributed by atoms with Crippen LogP contribution in [0.1, 0.15) is 75.8 Å². The first kappa shape index (κ1) is 22.1. The molecule has 0 bridgehead atoms. The Balaban J connectivity index is 1.74. The molecule has 5 nitrogen and oxygen atoms in total. The van der Waals surface area contributed by atoms with Gasteiger partial charge in [-0.05, 0) is 50.3 Å². The lowest BCUT2D eigenvalue weighted by Gasteiger charge is -2.58. The van der Waals surface area contributed by atoms with Crippen molar-refractivity contribution >= 4 is 5.97 Å². The molecule has 0 aromatic heterocycles. The van der Waals surface area contributed by atoms with E-state index in [1.54, 1.807) is 14.2 Å². The number of rotatable bonds is 4. The van der Waals surface area contributed by atoms with Gasteiger partial charge in [-0.1, -0.05) is 31.7 Å². The average molecular weight is 451 g/mol. The van der Waals surface area contributed by atoms with Gasteiger partial charge in [0, 0.05) is 41.5 Å². The molecule has 5 rings (SSSR count). The standard InChI is InChI=1S/C28H34O5/c1-19(29)32-24-17-20(30-2)11-13-23(24)28-16-8-5-9-26(28)27(14-6-4-7-15-27)22-12-10-21(31-3)18-25(22)33-28/h10-13,17-18,26H,4-9,14-16H2,1-3H3. The van der Waals surface area contributed by atoms with Crippen LogP contribution in [-0.2, 0) is 15.8 Å². The van der Waals surface area contributed by atoms with Crippen molar-refractivity contribution in [3.8, 4) is 23.0 Å². The molecule has 1 aliphatic heterocycles. The number of ether oxygens (including phenoxy) is 4. The predicted octanol–water partition coefficient (Wildman–Crippen LogP) is 6.31. The van der Waals surface area contributed by atoms with Gasteiger partial charge in [-0.3, -0.25) is 4.79 Å². The van der Waals surface area contributed by atoms with E-state index in [-0.39, 0.29) is 11.4 Å². The van der Waals surface area contributed by atoms with Crippen molar-refractivity contribution in [3.63, 3.8) is 0 Å². The monoisotopic (exact) mass is 450 g/mol. The Morgan fingerprint density at radius 3 is 2.24 bits per heavy atom. The number of methoxy groups -OCH3 is 2. The lowest BCUT2D eigenvalue weighted by Crippen LogP contribution is -2.57. The quantitative estimate of drug-likeness (QED) is 0.404. The van der Waals surface area contributed by atoms with E-state index in [1.165, 1.54) is 51.0 Å². The van der Waals surface area contributed by atoms with Crippen LogP contribution in [0.3, 0.4) is 0 Å². The third-order valence-electron chi connectivity index (χ3n) is 8.18. The predicted molar refractivity (Wildman–Crippen MR) is 126 cm³/mol. The number of hydrogen-bond acceptors (Lipinski definition) is 5. The third-order valence-corrected chi connectivity index (χ3v) is 8.18. The number of esters is 1. The third kappa shape index (κ3) is 3.56. The summed E-state index contributed by atoms with van der Waals surface area (Å²) < 4.78 is 23.9. The maximum absolute atomic E-state index is 12.1. The fourth-order valence-electron chi connectivity index (χ4n) is 6.89. The molecule has 2 aromatic rings. The van der Waals surface area contributed by atoms with Crippen LogP contribution in [0.4, 0.5) is 0 Å². The summed E-state index contributed by atoms with van der Waals surface area (Å²) in [6, 6.07) is 12.2. The highest BCUT2D eigenvalue weighted by atomic mass is 16.5. The summed E-state index contributed by atoms with van der Waals surface area (Å²) in [5.74, 6) is 2.93. The second-order valence-corrected chi connectivity index (χ2v) is 9.82. The Labute approximate surface area is 196 Å². The molecule has 0 radical (unpaired) electrons. The van der Waals surface area contributed by atoms with Gasteiger partial charge in [0.1, 0.15) is 28.6 Å². The molecule has 2 aliphatic carbocycles. The minimum Gasteiger partial charge on any atom is -0.497 e. The lowest BCUT2D eigenvalue weighted by molar-refractivity contribution is -0.132. The maximum Gasteiger partial charge on any atom is 0.308 e. The zero-order chi connectivity index (χ0) is 23.1. The van der Waals surface area contributed by atoms with E-state index < -0.39 is 5.60 Å². The maximum atomic E-state index is 12.1. The van der Waals surface area contributed by atoms with Gasteiger partial charge in [0.15, 0.2) is 0 Å². The van der Waals surface area contributed by atoms with E-state index in [0.29, 0.717) is 17.4 Å². The molecule has 2 aromatic carbocycles. The van der Waals surface area contributed by atoms with Crippen LogP contribution >= 0.6 is 0 Å². The number of carbonyl (C=O) groups is 1. The lowest BCUT2D eigenvalue weighted by atomic mass is 9.51. The van der Waals surface area contributed by atoms with Crippen molar-refractivity contribution in [3.05, 3.63) is 47.5 Å². The fourth-order valence-corrected chi connectivity index (χ4v) is 6.89.